The van der Waals surface area contributed by atoms with Crippen LogP contribution in [0.15, 0.2) is 48.5 Å². The average Bonchev–Trinajstić information content (AvgIpc) is 2.66. The molecule has 0 bridgehead atoms. The van der Waals surface area contributed by atoms with Crippen LogP contribution in [0.3, 0.4) is 0 Å². The molecule has 0 fully saturated rings. The van der Waals surface area contributed by atoms with Crippen LogP contribution in [0.4, 0.5) is 5.69 Å². The maximum absolute atomic E-state index is 12.2. The first-order chi connectivity index (χ1) is 12.7. The van der Waals surface area contributed by atoms with Gasteiger partial charge < -0.3 is 19.5 Å². The summed E-state index contributed by atoms with van der Waals surface area (Å²) in [5.74, 6) is 2.07. The quantitative estimate of drug-likeness (QED) is 0.594. The van der Waals surface area contributed by atoms with Gasteiger partial charge in [-0.05, 0) is 44.0 Å². The van der Waals surface area contributed by atoms with E-state index in [0.29, 0.717) is 49.8 Å². The van der Waals surface area contributed by atoms with Crippen molar-refractivity contribution in [1.29, 1.82) is 0 Å². The molecule has 0 unspecified atom stereocenters. The second-order valence-electron chi connectivity index (χ2n) is 5.72. The molecule has 140 valence electrons. The number of ether oxygens (including phenoxy) is 3. The topological polar surface area (TPSA) is 56.8 Å². The lowest BCUT2D eigenvalue weighted by Gasteiger charge is -2.13. The number of carbonyl (C=O) groups excluding carboxylic acids is 1. The molecule has 2 aromatic carbocycles. The predicted molar refractivity (Wildman–Crippen MR) is 103 cm³/mol. The molecule has 0 saturated heterocycles. The first kappa shape index (κ1) is 19.6. The lowest BCUT2D eigenvalue weighted by Crippen LogP contribution is -2.14. The molecule has 0 saturated carbocycles. The third-order valence-corrected chi connectivity index (χ3v) is 3.58. The van der Waals surface area contributed by atoms with E-state index in [-0.39, 0.29) is 5.91 Å². The van der Waals surface area contributed by atoms with E-state index in [4.69, 9.17) is 14.2 Å². The summed E-state index contributed by atoms with van der Waals surface area (Å²) in [5, 5.41) is 2.91. The Labute approximate surface area is 155 Å². The number of hydrogen-bond donors (Lipinski definition) is 1. The Balaban J connectivity index is 1.78. The second kappa shape index (κ2) is 11.0. The van der Waals surface area contributed by atoms with E-state index in [1.165, 1.54) is 0 Å². The molecule has 26 heavy (non-hydrogen) atoms. The van der Waals surface area contributed by atoms with Gasteiger partial charge in [0.15, 0.2) is 11.5 Å². The van der Waals surface area contributed by atoms with Crippen LogP contribution < -0.4 is 19.5 Å². The summed E-state index contributed by atoms with van der Waals surface area (Å²) in [6.45, 7) is 5.64. The van der Waals surface area contributed by atoms with Gasteiger partial charge in [-0.3, -0.25) is 4.79 Å². The first-order valence-corrected chi connectivity index (χ1v) is 9.10. The lowest BCUT2D eigenvalue weighted by molar-refractivity contribution is -0.116. The molecule has 2 rings (SSSR count). The first-order valence-electron chi connectivity index (χ1n) is 9.10. The SMILES string of the molecule is CCCOc1ccccc1NC(=O)CCCOc1ccccc1OCC. The normalized spacial score (nSPS) is 10.2. The van der Waals surface area contributed by atoms with Crippen molar-refractivity contribution in [3.05, 3.63) is 48.5 Å². The zero-order chi connectivity index (χ0) is 18.6. The van der Waals surface area contributed by atoms with E-state index in [1.807, 2.05) is 62.4 Å². The standard InChI is InChI=1S/C21H27NO4/c1-3-15-25-18-11-6-5-10-17(18)22-21(23)14-9-16-26-20-13-8-7-12-19(20)24-4-2/h5-8,10-13H,3-4,9,14-16H2,1-2H3,(H,22,23). The van der Waals surface area contributed by atoms with Crippen LogP contribution in [0, 0.1) is 0 Å². The fourth-order valence-electron chi connectivity index (χ4n) is 2.38. The highest BCUT2D eigenvalue weighted by atomic mass is 16.5. The molecular formula is C21H27NO4. The van der Waals surface area contributed by atoms with E-state index in [9.17, 15) is 4.79 Å². The van der Waals surface area contributed by atoms with Gasteiger partial charge in [0.2, 0.25) is 5.91 Å². The Morgan fingerprint density at radius 2 is 1.46 bits per heavy atom. The van der Waals surface area contributed by atoms with Crippen molar-refractivity contribution in [2.45, 2.75) is 33.1 Å². The van der Waals surface area contributed by atoms with Gasteiger partial charge in [-0.1, -0.05) is 31.2 Å². The molecular weight excluding hydrogens is 330 g/mol. The fraction of sp³-hybridized carbons (Fsp3) is 0.381. The number of nitrogens with one attached hydrogen (secondary N) is 1. The summed E-state index contributed by atoms with van der Waals surface area (Å²) in [6.07, 6.45) is 1.91. The highest BCUT2D eigenvalue weighted by molar-refractivity contribution is 5.92. The molecule has 0 aliphatic heterocycles. The number of benzene rings is 2. The van der Waals surface area contributed by atoms with Crippen molar-refractivity contribution in [3.8, 4) is 17.2 Å². The third kappa shape index (κ3) is 6.31. The molecule has 0 aliphatic rings. The van der Waals surface area contributed by atoms with E-state index >= 15 is 0 Å². The van der Waals surface area contributed by atoms with Gasteiger partial charge in [-0.2, -0.15) is 0 Å². The zero-order valence-electron chi connectivity index (χ0n) is 15.5. The fourth-order valence-corrected chi connectivity index (χ4v) is 2.38. The Kier molecular flexibility index (Phi) is 8.33. The Morgan fingerprint density at radius 1 is 0.846 bits per heavy atom. The van der Waals surface area contributed by atoms with Crippen molar-refractivity contribution in [1.82, 2.24) is 0 Å². The summed E-state index contributed by atoms with van der Waals surface area (Å²) in [6, 6.07) is 15.0. The van der Waals surface area contributed by atoms with Gasteiger partial charge in [-0.25, -0.2) is 0 Å². The highest BCUT2D eigenvalue weighted by Crippen LogP contribution is 2.27. The largest absolute Gasteiger partial charge is 0.491 e. The van der Waals surface area contributed by atoms with Crippen molar-refractivity contribution >= 4 is 11.6 Å². The van der Waals surface area contributed by atoms with Gasteiger partial charge in [0.05, 0.1) is 25.5 Å². The van der Waals surface area contributed by atoms with Crippen LogP contribution in [0.25, 0.3) is 0 Å². The van der Waals surface area contributed by atoms with Crippen LogP contribution >= 0.6 is 0 Å². The van der Waals surface area contributed by atoms with Crippen LogP contribution in [0.1, 0.15) is 33.1 Å². The maximum atomic E-state index is 12.2. The molecule has 0 aliphatic carbocycles. The number of para-hydroxylation sites is 4. The van der Waals surface area contributed by atoms with Gasteiger partial charge in [-0.15, -0.1) is 0 Å². The summed E-state index contributed by atoms with van der Waals surface area (Å²) in [4.78, 5) is 12.2. The third-order valence-electron chi connectivity index (χ3n) is 3.58. The van der Waals surface area contributed by atoms with Crippen molar-refractivity contribution < 1.29 is 19.0 Å². The van der Waals surface area contributed by atoms with E-state index in [2.05, 4.69) is 5.32 Å². The van der Waals surface area contributed by atoms with Crippen molar-refractivity contribution in [3.63, 3.8) is 0 Å². The Morgan fingerprint density at radius 3 is 2.15 bits per heavy atom. The molecule has 0 atom stereocenters. The molecule has 5 nitrogen and oxygen atoms in total. The molecule has 1 amide bonds. The van der Waals surface area contributed by atoms with Crippen molar-refractivity contribution in [2.24, 2.45) is 0 Å². The Bertz CT molecular complexity index is 687. The molecule has 0 spiro atoms. The summed E-state index contributed by atoms with van der Waals surface area (Å²) in [7, 11) is 0. The molecule has 5 heteroatoms. The lowest BCUT2D eigenvalue weighted by atomic mass is 10.2. The number of hydrogen-bond acceptors (Lipinski definition) is 4. The molecule has 0 radical (unpaired) electrons. The molecule has 2 aromatic rings. The number of anilines is 1. The number of rotatable bonds is 11. The maximum Gasteiger partial charge on any atom is 0.224 e. The minimum atomic E-state index is -0.0563. The highest BCUT2D eigenvalue weighted by Gasteiger charge is 2.08. The van der Waals surface area contributed by atoms with Crippen LogP contribution in [-0.4, -0.2) is 25.7 Å². The molecule has 1 N–H and O–H groups in total. The van der Waals surface area contributed by atoms with Crippen molar-refractivity contribution in [2.75, 3.05) is 25.1 Å². The minimum absolute atomic E-state index is 0.0563. The predicted octanol–water partition coefficient (Wildman–Crippen LogP) is 4.67. The van der Waals surface area contributed by atoms with Crippen LogP contribution in [0.5, 0.6) is 17.2 Å². The van der Waals surface area contributed by atoms with Gasteiger partial charge in [0, 0.05) is 6.42 Å². The number of amides is 1. The summed E-state index contributed by atoms with van der Waals surface area (Å²) >= 11 is 0. The van der Waals surface area contributed by atoms with Gasteiger partial charge >= 0.3 is 0 Å². The molecule has 0 heterocycles. The summed E-state index contributed by atoms with van der Waals surface area (Å²) in [5.41, 5.74) is 0.702. The van der Waals surface area contributed by atoms with E-state index < -0.39 is 0 Å². The van der Waals surface area contributed by atoms with Crippen LogP contribution in [-0.2, 0) is 4.79 Å². The number of carbonyl (C=O) groups is 1. The smallest absolute Gasteiger partial charge is 0.224 e. The van der Waals surface area contributed by atoms with Crippen LogP contribution in [0.2, 0.25) is 0 Å². The van der Waals surface area contributed by atoms with E-state index in [1.54, 1.807) is 0 Å². The Hall–Kier alpha value is -2.69. The zero-order valence-corrected chi connectivity index (χ0v) is 15.5. The second-order valence-corrected chi connectivity index (χ2v) is 5.72. The minimum Gasteiger partial charge on any atom is -0.491 e. The monoisotopic (exact) mass is 357 g/mol. The van der Waals surface area contributed by atoms with Gasteiger partial charge in [0.25, 0.3) is 0 Å². The molecule has 0 aromatic heterocycles. The van der Waals surface area contributed by atoms with E-state index in [0.717, 1.165) is 12.2 Å². The summed E-state index contributed by atoms with van der Waals surface area (Å²) < 4.78 is 16.9. The van der Waals surface area contributed by atoms with Gasteiger partial charge in [0.1, 0.15) is 5.75 Å². The average molecular weight is 357 g/mol.